The van der Waals surface area contributed by atoms with Gasteiger partial charge in [0.25, 0.3) is 5.91 Å². The number of hydrogen-bond acceptors (Lipinski definition) is 6. The monoisotopic (exact) mass is 396 g/mol. The Balaban J connectivity index is 1.56. The molecule has 1 saturated heterocycles. The van der Waals surface area contributed by atoms with E-state index in [1.807, 2.05) is 0 Å². The molecule has 3 amide bonds. The van der Waals surface area contributed by atoms with Crippen LogP contribution in [-0.2, 0) is 25.7 Å². The lowest BCUT2D eigenvalue weighted by Crippen LogP contribution is -2.45. The van der Waals surface area contributed by atoms with Gasteiger partial charge in [-0.3, -0.25) is 19.2 Å². The fourth-order valence-corrected chi connectivity index (χ4v) is 3.44. The smallest absolute Gasteiger partial charge is 0.308 e. The maximum Gasteiger partial charge on any atom is 0.308 e. The number of esters is 1. The number of amides is 3. The Bertz CT molecular complexity index is 946. The van der Waals surface area contributed by atoms with Crippen LogP contribution in [0.25, 0.3) is 0 Å². The first-order valence-corrected chi connectivity index (χ1v) is 9.42. The Hall–Kier alpha value is -3.42. The summed E-state index contributed by atoms with van der Waals surface area (Å²) >= 11 is 0. The molecule has 0 bridgehead atoms. The Morgan fingerprint density at radius 2 is 1.90 bits per heavy atom. The number of imide groups is 1. The molecule has 1 aromatic heterocycles. The van der Waals surface area contributed by atoms with Crippen LogP contribution in [0, 0.1) is 5.92 Å². The highest BCUT2D eigenvalue weighted by Crippen LogP contribution is 2.35. The number of nitrogens with zero attached hydrogens (tertiary/aromatic N) is 2. The Labute approximate surface area is 167 Å². The topological polar surface area (TPSA) is 97.1 Å². The van der Waals surface area contributed by atoms with Crippen molar-refractivity contribution in [3.05, 3.63) is 48.4 Å². The van der Waals surface area contributed by atoms with Crippen molar-refractivity contribution in [2.45, 2.75) is 38.8 Å². The van der Waals surface area contributed by atoms with Crippen LogP contribution in [0.5, 0.6) is 5.75 Å². The van der Waals surface area contributed by atoms with Crippen molar-refractivity contribution in [1.82, 2.24) is 4.90 Å². The molecular weight excluding hydrogens is 376 g/mol. The molecule has 2 fully saturated rings. The fourth-order valence-electron chi connectivity index (χ4n) is 3.44. The number of hydrogen-bond donors (Lipinski definition) is 0. The number of carbonyl (C=O) groups is 4. The minimum absolute atomic E-state index is 0.0797. The molecule has 0 spiro atoms. The van der Waals surface area contributed by atoms with E-state index in [4.69, 9.17) is 9.15 Å². The van der Waals surface area contributed by atoms with Crippen LogP contribution >= 0.6 is 0 Å². The standard InChI is InChI=1S/C21H20N2O6/c1-13(24)29-16-8-6-15(7-9-16)23-19(25)11-18(21(23)27)22(20(26)14-4-5-14)12-17-3-2-10-28-17/h2-3,6-10,14,18H,4-5,11-12H2,1H3. The minimum atomic E-state index is -0.867. The summed E-state index contributed by atoms with van der Waals surface area (Å²) in [4.78, 5) is 52.1. The molecule has 1 saturated carbocycles. The lowest BCUT2D eigenvalue weighted by Gasteiger charge is -2.27. The molecule has 2 aromatic rings. The van der Waals surface area contributed by atoms with Crippen LogP contribution in [0.4, 0.5) is 5.69 Å². The molecule has 0 N–H and O–H groups in total. The zero-order chi connectivity index (χ0) is 20.5. The minimum Gasteiger partial charge on any atom is -0.467 e. The van der Waals surface area contributed by atoms with Gasteiger partial charge < -0.3 is 14.1 Å². The molecule has 0 radical (unpaired) electrons. The van der Waals surface area contributed by atoms with E-state index in [1.165, 1.54) is 42.4 Å². The van der Waals surface area contributed by atoms with Gasteiger partial charge in [-0.1, -0.05) is 0 Å². The predicted molar refractivity (Wildman–Crippen MR) is 101 cm³/mol. The average Bonchev–Trinajstić information content (AvgIpc) is 3.33. The highest BCUT2D eigenvalue weighted by Gasteiger charge is 2.47. The van der Waals surface area contributed by atoms with Crippen molar-refractivity contribution in [3.63, 3.8) is 0 Å². The second-order valence-corrected chi connectivity index (χ2v) is 7.19. The second kappa shape index (κ2) is 7.54. The number of ether oxygens (including phenoxy) is 1. The summed E-state index contributed by atoms with van der Waals surface area (Å²) in [7, 11) is 0. The van der Waals surface area contributed by atoms with Gasteiger partial charge in [-0.15, -0.1) is 0 Å². The van der Waals surface area contributed by atoms with Gasteiger partial charge >= 0.3 is 5.97 Å². The third-order valence-electron chi connectivity index (χ3n) is 4.97. The maximum absolute atomic E-state index is 13.1. The van der Waals surface area contributed by atoms with Crippen molar-refractivity contribution >= 4 is 29.4 Å². The Morgan fingerprint density at radius 3 is 2.48 bits per heavy atom. The lowest BCUT2D eigenvalue weighted by atomic mass is 10.1. The molecular formula is C21H20N2O6. The van der Waals surface area contributed by atoms with E-state index in [0.717, 1.165) is 17.7 Å². The zero-order valence-corrected chi connectivity index (χ0v) is 15.9. The number of anilines is 1. The molecule has 1 aliphatic heterocycles. The van der Waals surface area contributed by atoms with E-state index >= 15 is 0 Å². The van der Waals surface area contributed by atoms with Gasteiger partial charge in [0, 0.05) is 12.8 Å². The van der Waals surface area contributed by atoms with Crippen LogP contribution in [-0.4, -0.2) is 34.6 Å². The van der Waals surface area contributed by atoms with Gasteiger partial charge in [0.05, 0.1) is 24.9 Å². The van der Waals surface area contributed by atoms with E-state index in [2.05, 4.69) is 0 Å². The van der Waals surface area contributed by atoms with Gasteiger partial charge in [0.15, 0.2) is 0 Å². The second-order valence-electron chi connectivity index (χ2n) is 7.19. The molecule has 8 heteroatoms. The number of carbonyl (C=O) groups excluding carboxylic acids is 4. The van der Waals surface area contributed by atoms with Crippen LogP contribution in [0.3, 0.4) is 0 Å². The SMILES string of the molecule is CC(=O)Oc1ccc(N2C(=O)CC(N(Cc3ccco3)C(=O)C3CC3)C2=O)cc1. The summed E-state index contributed by atoms with van der Waals surface area (Å²) < 4.78 is 10.3. The van der Waals surface area contributed by atoms with E-state index in [1.54, 1.807) is 12.1 Å². The highest BCUT2D eigenvalue weighted by molar-refractivity contribution is 6.23. The maximum atomic E-state index is 13.1. The van der Waals surface area contributed by atoms with Gasteiger partial charge in [-0.05, 0) is 49.2 Å². The molecule has 150 valence electrons. The number of furan rings is 1. The summed E-state index contributed by atoms with van der Waals surface area (Å²) in [5.74, 6) is -0.629. The highest BCUT2D eigenvalue weighted by atomic mass is 16.5. The van der Waals surface area contributed by atoms with Gasteiger partial charge in [0.1, 0.15) is 17.6 Å². The van der Waals surface area contributed by atoms with Crippen molar-refractivity contribution in [2.75, 3.05) is 4.90 Å². The molecule has 4 rings (SSSR count). The summed E-state index contributed by atoms with van der Waals surface area (Å²) in [5, 5.41) is 0. The lowest BCUT2D eigenvalue weighted by molar-refractivity contribution is -0.140. The van der Waals surface area contributed by atoms with E-state index in [-0.39, 0.29) is 30.7 Å². The van der Waals surface area contributed by atoms with Gasteiger partial charge in [-0.2, -0.15) is 0 Å². The molecule has 2 aliphatic rings. The van der Waals surface area contributed by atoms with Crippen LogP contribution in [0.2, 0.25) is 0 Å². The third-order valence-corrected chi connectivity index (χ3v) is 4.97. The third kappa shape index (κ3) is 3.91. The molecule has 29 heavy (non-hydrogen) atoms. The Kier molecular flexibility index (Phi) is 4.92. The van der Waals surface area contributed by atoms with E-state index in [9.17, 15) is 19.2 Å². The molecule has 1 aliphatic carbocycles. The normalized spacial score (nSPS) is 18.8. The van der Waals surface area contributed by atoms with Crippen molar-refractivity contribution in [2.24, 2.45) is 5.92 Å². The summed E-state index contributed by atoms with van der Waals surface area (Å²) in [6.07, 6.45) is 3.02. The molecule has 8 nitrogen and oxygen atoms in total. The van der Waals surface area contributed by atoms with Crippen molar-refractivity contribution in [3.8, 4) is 5.75 Å². The molecule has 2 heterocycles. The van der Waals surface area contributed by atoms with E-state index < -0.39 is 17.9 Å². The van der Waals surface area contributed by atoms with Gasteiger partial charge in [0.2, 0.25) is 11.8 Å². The first-order valence-electron chi connectivity index (χ1n) is 9.42. The van der Waals surface area contributed by atoms with Crippen LogP contribution in [0.15, 0.2) is 47.1 Å². The fraction of sp³-hybridized carbons (Fsp3) is 0.333. The molecule has 1 unspecified atom stereocenters. The summed E-state index contributed by atoms with van der Waals surface area (Å²) in [6, 6.07) is 8.69. The summed E-state index contributed by atoms with van der Waals surface area (Å²) in [5.41, 5.74) is 0.371. The first-order chi connectivity index (χ1) is 13.9. The Morgan fingerprint density at radius 1 is 1.17 bits per heavy atom. The first kappa shape index (κ1) is 18.9. The summed E-state index contributed by atoms with van der Waals surface area (Å²) in [6.45, 7) is 1.43. The van der Waals surface area contributed by atoms with E-state index in [0.29, 0.717) is 17.2 Å². The quantitative estimate of drug-likeness (QED) is 0.422. The number of benzene rings is 1. The van der Waals surface area contributed by atoms with Crippen LogP contribution in [0.1, 0.15) is 31.9 Å². The van der Waals surface area contributed by atoms with Gasteiger partial charge in [-0.25, -0.2) is 4.90 Å². The molecule has 1 aromatic carbocycles. The predicted octanol–water partition coefficient (Wildman–Crippen LogP) is 2.28. The van der Waals surface area contributed by atoms with Crippen molar-refractivity contribution in [1.29, 1.82) is 0 Å². The average molecular weight is 396 g/mol. The largest absolute Gasteiger partial charge is 0.467 e. The van der Waals surface area contributed by atoms with Crippen LogP contribution < -0.4 is 9.64 Å². The number of rotatable bonds is 6. The zero-order valence-electron chi connectivity index (χ0n) is 15.9. The van der Waals surface area contributed by atoms with Crippen molar-refractivity contribution < 1.29 is 28.3 Å². The molecule has 1 atom stereocenters.